The molecule has 5 heteroatoms. The highest BCUT2D eigenvalue weighted by Gasteiger charge is 2.21. The second-order valence-corrected chi connectivity index (χ2v) is 4.77. The lowest BCUT2D eigenvalue weighted by atomic mass is 10.0. The van der Waals surface area contributed by atoms with E-state index in [4.69, 9.17) is 10.5 Å². The summed E-state index contributed by atoms with van der Waals surface area (Å²) in [6, 6.07) is 7.65. The fraction of sp³-hybridized carbons (Fsp3) is 0.308. The molecule has 1 aromatic heterocycles. The van der Waals surface area contributed by atoms with Crippen molar-refractivity contribution in [3.8, 4) is 5.75 Å². The minimum atomic E-state index is -0.266. The number of methoxy groups -OCH3 is 1. The van der Waals surface area contributed by atoms with Crippen molar-refractivity contribution in [1.82, 2.24) is 9.78 Å². The zero-order valence-corrected chi connectivity index (χ0v) is 12.0. The Hall–Kier alpha value is -1.33. The normalized spacial score (nSPS) is 12.4. The Kier molecular flexibility index (Phi) is 4.04. The predicted molar refractivity (Wildman–Crippen MR) is 74.6 cm³/mol. The molecule has 4 nitrogen and oxygen atoms in total. The third-order valence-corrected chi connectivity index (χ3v) is 3.62. The molecule has 0 aliphatic carbocycles. The van der Waals surface area contributed by atoms with Crippen molar-refractivity contribution in [3.05, 3.63) is 46.2 Å². The van der Waals surface area contributed by atoms with Crippen molar-refractivity contribution in [2.45, 2.75) is 19.5 Å². The molecule has 0 fully saturated rings. The van der Waals surface area contributed by atoms with Gasteiger partial charge in [0.05, 0.1) is 19.3 Å². The summed E-state index contributed by atoms with van der Waals surface area (Å²) in [5.41, 5.74) is 8.26. The number of aryl methyl sites for hydroxylation is 1. The second-order valence-electron chi connectivity index (χ2n) is 3.91. The number of hydrogen-bond donors (Lipinski definition) is 1. The van der Waals surface area contributed by atoms with E-state index in [-0.39, 0.29) is 6.04 Å². The molecule has 96 valence electrons. The van der Waals surface area contributed by atoms with Crippen LogP contribution >= 0.6 is 15.9 Å². The average Bonchev–Trinajstić information content (AvgIpc) is 2.81. The Labute approximate surface area is 115 Å². The van der Waals surface area contributed by atoms with E-state index in [1.54, 1.807) is 13.3 Å². The molecule has 1 aromatic carbocycles. The van der Waals surface area contributed by atoms with Crippen LogP contribution in [0.1, 0.15) is 24.2 Å². The molecule has 1 unspecified atom stereocenters. The molecule has 0 saturated carbocycles. The van der Waals surface area contributed by atoms with E-state index in [1.165, 1.54) is 0 Å². The van der Waals surface area contributed by atoms with Gasteiger partial charge >= 0.3 is 0 Å². The lowest BCUT2D eigenvalue weighted by molar-refractivity contribution is 0.404. The van der Waals surface area contributed by atoms with Crippen LogP contribution in [0.25, 0.3) is 0 Å². The van der Waals surface area contributed by atoms with Crippen LogP contribution in [0, 0.1) is 0 Å². The van der Waals surface area contributed by atoms with Gasteiger partial charge in [-0.2, -0.15) is 5.10 Å². The Bertz CT molecular complexity index is 517. The SMILES string of the molecule is CCn1ncc(OC)c1C(N)c1ccccc1Br. The van der Waals surface area contributed by atoms with Gasteiger partial charge in [-0.25, -0.2) is 0 Å². The smallest absolute Gasteiger partial charge is 0.161 e. The maximum absolute atomic E-state index is 6.34. The molecule has 2 aromatic rings. The first-order chi connectivity index (χ1) is 8.69. The number of nitrogens with zero attached hydrogens (tertiary/aromatic N) is 2. The van der Waals surface area contributed by atoms with Gasteiger partial charge in [-0.05, 0) is 18.6 Å². The molecule has 2 rings (SSSR count). The predicted octanol–water partition coefficient (Wildman–Crippen LogP) is 2.72. The van der Waals surface area contributed by atoms with Crippen LogP contribution in [0.15, 0.2) is 34.9 Å². The van der Waals surface area contributed by atoms with E-state index < -0.39 is 0 Å². The third kappa shape index (κ3) is 2.28. The van der Waals surface area contributed by atoms with Gasteiger partial charge in [0.1, 0.15) is 5.69 Å². The molecule has 1 atom stereocenters. The lowest BCUT2D eigenvalue weighted by Gasteiger charge is -2.16. The number of hydrogen-bond acceptors (Lipinski definition) is 3. The fourth-order valence-electron chi connectivity index (χ4n) is 1.98. The Balaban J connectivity index is 2.48. The van der Waals surface area contributed by atoms with Crippen LogP contribution in [0.5, 0.6) is 5.75 Å². The number of ether oxygens (including phenoxy) is 1. The highest BCUT2D eigenvalue weighted by molar-refractivity contribution is 9.10. The lowest BCUT2D eigenvalue weighted by Crippen LogP contribution is -2.18. The number of halogens is 1. The molecule has 0 radical (unpaired) electrons. The van der Waals surface area contributed by atoms with Gasteiger partial charge in [0, 0.05) is 11.0 Å². The van der Waals surface area contributed by atoms with Crippen LogP contribution in [-0.2, 0) is 6.54 Å². The van der Waals surface area contributed by atoms with E-state index in [9.17, 15) is 0 Å². The second kappa shape index (κ2) is 5.54. The number of aromatic nitrogens is 2. The summed E-state index contributed by atoms with van der Waals surface area (Å²) in [4.78, 5) is 0. The largest absolute Gasteiger partial charge is 0.493 e. The first-order valence-electron chi connectivity index (χ1n) is 5.78. The molecule has 0 amide bonds. The highest BCUT2D eigenvalue weighted by atomic mass is 79.9. The Morgan fingerprint density at radius 2 is 2.17 bits per heavy atom. The molecule has 18 heavy (non-hydrogen) atoms. The topological polar surface area (TPSA) is 53.1 Å². The van der Waals surface area contributed by atoms with Crippen molar-refractivity contribution in [2.24, 2.45) is 5.73 Å². The Morgan fingerprint density at radius 1 is 1.44 bits per heavy atom. The number of benzene rings is 1. The monoisotopic (exact) mass is 309 g/mol. The molecule has 0 aliphatic heterocycles. The molecule has 0 spiro atoms. The van der Waals surface area contributed by atoms with Crippen molar-refractivity contribution in [2.75, 3.05) is 7.11 Å². The quantitative estimate of drug-likeness (QED) is 0.944. The minimum Gasteiger partial charge on any atom is -0.493 e. The molecular formula is C13H16BrN3O. The first kappa shape index (κ1) is 13.1. The van der Waals surface area contributed by atoms with E-state index >= 15 is 0 Å². The van der Waals surface area contributed by atoms with Gasteiger partial charge in [-0.15, -0.1) is 0 Å². The average molecular weight is 310 g/mol. The van der Waals surface area contributed by atoms with Gasteiger partial charge in [-0.3, -0.25) is 4.68 Å². The summed E-state index contributed by atoms with van der Waals surface area (Å²) in [6.07, 6.45) is 1.70. The highest BCUT2D eigenvalue weighted by Crippen LogP contribution is 2.31. The van der Waals surface area contributed by atoms with Gasteiger partial charge in [0.15, 0.2) is 5.75 Å². The standard InChI is InChI=1S/C13H16BrN3O/c1-3-17-13(11(18-2)8-16-17)12(15)9-6-4-5-7-10(9)14/h4-8,12H,3,15H2,1-2H3. The molecule has 0 bridgehead atoms. The summed E-state index contributed by atoms with van der Waals surface area (Å²) in [5, 5.41) is 4.28. The molecule has 0 aliphatic rings. The maximum Gasteiger partial charge on any atom is 0.161 e. The minimum absolute atomic E-state index is 0.266. The van der Waals surface area contributed by atoms with Crippen molar-refractivity contribution >= 4 is 15.9 Å². The van der Waals surface area contributed by atoms with Crippen LogP contribution in [0.2, 0.25) is 0 Å². The summed E-state index contributed by atoms with van der Waals surface area (Å²) < 4.78 is 8.18. The van der Waals surface area contributed by atoms with Gasteiger partial charge in [0.2, 0.25) is 0 Å². The van der Waals surface area contributed by atoms with Crippen LogP contribution < -0.4 is 10.5 Å². The van der Waals surface area contributed by atoms with Gasteiger partial charge < -0.3 is 10.5 Å². The molecule has 1 heterocycles. The van der Waals surface area contributed by atoms with Crippen LogP contribution in [0.3, 0.4) is 0 Å². The summed E-state index contributed by atoms with van der Waals surface area (Å²) in [7, 11) is 1.63. The van der Waals surface area contributed by atoms with Crippen molar-refractivity contribution in [1.29, 1.82) is 0 Å². The zero-order chi connectivity index (χ0) is 13.1. The van der Waals surface area contributed by atoms with E-state index in [0.717, 1.165) is 28.0 Å². The first-order valence-corrected chi connectivity index (χ1v) is 6.58. The fourth-order valence-corrected chi connectivity index (χ4v) is 2.51. The van der Waals surface area contributed by atoms with E-state index in [0.29, 0.717) is 0 Å². The number of rotatable bonds is 4. The van der Waals surface area contributed by atoms with Gasteiger partial charge in [-0.1, -0.05) is 34.1 Å². The molecule has 0 saturated heterocycles. The zero-order valence-electron chi connectivity index (χ0n) is 10.4. The van der Waals surface area contributed by atoms with Crippen molar-refractivity contribution in [3.63, 3.8) is 0 Å². The van der Waals surface area contributed by atoms with Gasteiger partial charge in [0.25, 0.3) is 0 Å². The summed E-state index contributed by atoms with van der Waals surface area (Å²) in [5.74, 6) is 0.722. The number of nitrogens with two attached hydrogens (primary N) is 1. The van der Waals surface area contributed by atoms with E-state index in [1.807, 2.05) is 35.9 Å². The molecular weight excluding hydrogens is 294 g/mol. The maximum atomic E-state index is 6.34. The summed E-state index contributed by atoms with van der Waals surface area (Å²) >= 11 is 3.52. The van der Waals surface area contributed by atoms with Crippen molar-refractivity contribution < 1.29 is 4.74 Å². The molecule has 2 N–H and O–H groups in total. The Morgan fingerprint density at radius 3 is 2.78 bits per heavy atom. The third-order valence-electron chi connectivity index (χ3n) is 2.90. The van der Waals surface area contributed by atoms with Crippen LogP contribution in [-0.4, -0.2) is 16.9 Å². The van der Waals surface area contributed by atoms with Crippen LogP contribution in [0.4, 0.5) is 0 Å². The summed E-state index contributed by atoms with van der Waals surface area (Å²) in [6.45, 7) is 2.79. The van der Waals surface area contributed by atoms with E-state index in [2.05, 4.69) is 21.0 Å².